The van der Waals surface area contributed by atoms with Crippen molar-refractivity contribution in [1.82, 2.24) is 4.98 Å². The number of pyridine rings is 1. The normalized spacial score (nSPS) is 16.6. The fourth-order valence-electron chi connectivity index (χ4n) is 3.23. The number of nitrogen functional groups attached to an aromatic ring is 1. The Labute approximate surface area is 146 Å². The van der Waals surface area contributed by atoms with E-state index in [4.69, 9.17) is 10.5 Å². The molecule has 2 N–H and O–H groups in total. The van der Waals surface area contributed by atoms with E-state index in [0.717, 1.165) is 16.3 Å². The van der Waals surface area contributed by atoms with E-state index in [1.54, 1.807) is 17.0 Å². The van der Waals surface area contributed by atoms with Crippen LogP contribution in [0.5, 0.6) is 5.75 Å². The Balaban J connectivity index is 1.80. The minimum absolute atomic E-state index is 0.0824. The van der Waals surface area contributed by atoms with Gasteiger partial charge in [0.1, 0.15) is 5.82 Å². The van der Waals surface area contributed by atoms with Crippen molar-refractivity contribution in [1.29, 1.82) is 0 Å². The van der Waals surface area contributed by atoms with E-state index in [-0.39, 0.29) is 5.91 Å². The van der Waals surface area contributed by atoms with E-state index in [9.17, 15) is 4.79 Å². The minimum atomic E-state index is -0.493. The first kappa shape index (κ1) is 15.4. The highest BCUT2D eigenvalue weighted by molar-refractivity contribution is 5.99. The summed E-state index contributed by atoms with van der Waals surface area (Å²) in [5.74, 6) is 1.37. The van der Waals surface area contributed by atoms with Crippen LogP contribution in [0.15, 0.2) is 54.6 Å². The van der Waals surface area contributed by atoms with Crippen molar-refractivity contribution in [3.8, 4) is 5.75 Å². The smallest absolute Gasteiger partial charge is 0.269 e. The number of rotatable bonds is 3. The fraction of sp³-hybridized carbons (Fsp3) is 0.200. The minimum Gasteiger partial charge on any atom is -0.477 e. The van der Waals surface area contributed by atoms with Gasteiger partial charge in [0.2, 0.25) is 0 Å². The Morgan fingerprint density at radius 2 is 1.92 bits per heavy atom. The second-order valence-corrected chi connectivity index (χ2v) is 6.14. The number of nitrogens with zero attached hydrogens (tertiary/aromatic N) is 2. The standard InChI is InChI=1S/C20H19N3O2/c1-2-16-20(24)23(19-17(25-16)10-11-18(21)22-19)12-14-8-5-7-13-6-3-4-9-15(13)14/h3-11,16H,2,12H2,1H3,(H2,21,22). The summed E-state index contributed by atoms with van der Waals surface area (Å²) < 4.78 is 5.79. The largest absolute Gasteiger partial charge is 0.477 e. The second kappa shape index (κ2) is 6.09. The summed E-state index contributed by atoms with van der Waals surface area (Å²) in [6, 6.07) is 17.7. The molecule has 2 heterocycles. The maximum atomic E-state index is 12.9. The van der Waals surface area contributed by atoms with Crippen molar-refractivity contribution >= 4 is 28.3 Å². The predicted molar refractivity (Wildman–Crippen MR) is 98.5 cm³/mol. The number of carbonyl (C=O) groups is 1. The van der Waals surface area contributed by atoms with Crippen molar-refractivity contribution in [2.45, 2.75) is 26.0 Å². The summed E-state index contributed by atoms with van der Waals surface area (Å²) in [7, 11) is 0. The Morgan fingerprint density at radius 3 is 2.76 bits per heavy atom. The van der Waals surface area contributed by atoms with Crippen LogP contribution in [0.4, 0.5) is 11.6 Å². The van der Waals surface area contributed by atoms with Gasteiger partial charge >= 0.3 is 0 Å². The molecule has 126 valence electrons. The summed E-state index contributed by atoms with van der Waals surface area (Å²) >= 11 is 0. The maximum Gasteiger partial charge on any atom is 0.269 e. The average molecular weight is 333 g/mol. The lowest BCUT2D eigenvalue weighted by atomic mass is 10.0. The molecular formula is C20H19N3O2. The molecule has 0 radical (unpaired) electrons. The Bertz CT molecular complexity index is 949. The monoisotopic (exact) mass is 333 g/mol. The molecular weight excluding hydrogens is 314 g/mol. The molecule has 0 spiro atoms. The van der Waals surface area contributed by atoms with Gasteiger partial charge in [-0.25, -0.2) is 4.98 Å². The summed E-state index contributed by atoms with van der Waals surface area (Å²) in [4.78, 5) is 18.9. The van der Waals surface area contributed by atoms with E-state index in [2.05, 4.69) is 23.2 Å². The highest BCUT2D eigenvalue weighted by atomic mass is 16.5. The lowest BCUT2D eigenvalue weighted by Crippen LogP contribution is -2.45. The van der Waals surface area contributed by atoms with Crippen LogP contribution in [0.1, 0.15) is 18.9 Å². The van der Waals surface area contributed by atoms with Gasteiger partial charge in [-0.3, -0.25) is 9.69 Å². The van der Waals surface area contributed by atoms with Crippen LogP contribution >= 0.6 is 0 Å². The van der Waals surface area contributed by atoms with Crippen molar-refractivity contribution in [2.75, 3.05) is 10.6 Å². The van der Waals surface area contributed by atoms with E-state index in [1.807, 2.05) is 31.2 Å². The van der Waals surface area contributed by atoms with Crippen molar-refractivity contribution in [3.05, 3.63) is 60.2 Å². The van der Waals surface area contributed by atoms with E-state index >= 15 is 0 Å². The van der Waals surface area contributed by atoms with Crippen LogP contribution in [0.25, 0.3) is 10.8 Å². The van der Waals surface area contributed by atoms with Gasteiger partial charge < -0.3 is 10.5 Å². The van der Waals surface area contributed by atoms with Crippen LogP contribution < -0.4 is 15.4 Å². The number of nitrogens with two attached hydrogens (primary N) is 1. The molecule has 1 unspecified atom stereocenters. The second-order valence-electron chi connectivity index (χ2n) is 6.14. The quantitative estimate of drug-likeness (QED) is 0.796. The molecule has 1 amide bonds. The molecule has 4 rings (SSSR count). The highest BCUT2D eigenvalue weighted by Gasteiger charge is 2.34. The lowest BCUT2D eigenvalue weighted by Gasteiger charge is -2.33. The summed E-state index contributed by atoms with van der Waals surface area (Å²) in [5, 5.41) is 2.27. The fourth-order valence-corrected chi connectivity index (χ4v) is 3.23. The Kier molecular flexibility index (Phi) is 3.76. The number of hydrogen-bond acceptors (Lipinski definition) is 4. The first-order valence-corrected chi connectivity index (χ1v) is 8.38. The number of amides is 1. The molecule has 0 bridgehead atoms. The molecule has 3 aromatic rings. The third-order valence-electron chi connectivity index (χ3n) is 4.51. The molecule has 1 atom stereocenters. The van der Waals surface area contributed by atoms with Crippen molar-refractivity contribution in [2.24, 2.45) is 0 Å². The molecule has 0 saturated carbocycles. The zero-order valence-corrected chi connectivity index (χ0v) is 14.0. The summed E-state index contributed by atoms with van der Waals surface area (Å²) in [5.41, 5.74) is 6.90. The SMILES string of the molecule is CCC1Oc2ccc(N)nc2N(Cc2cccc3ccccc23)C1=O. The van der Waals surface area contributed by atoms with Crippen molar-refractivity contribution in [3.63, 3.8) is 0 Å². The lowest BCUT2D eigenvalue weighted by molar-refractivity contribution is -0.126. The van der Waals surface area contributed by atoms with Crippen LogP contribution in [0, 0.1) is 0 Å². The third-order valence-corrected chi connectivity index (χ3v) is 4.51. The van der Waals surface area contributed by atoms with Crippen LogP contribution in [-0.4, -0.2) is 17.0 Å². The summed E-state index contributed by atoms with van der Waals surface area (Å²) in [6.07, 6.45) is 0.113. The van der Waals surface area contributed by atoms with Crippen LogP contribution in [0.2, 0.25) is 0 Å². The van der Waals surface area contributed by atoms with Gasteiger partial charge in [0, 0.05) is 0 Å². The molecule has 1 aromatic heterocycles. The maximum absolute atomic E-state index is 12.9. The Morgan fingerprint density at radius 1 is 1.12 bits per heavy atom. The average Bonchev–Trinajstić information content (AvgIpc) is 2.64. The molecule has 5 nitrogen and oxygen atoms in total. The number of hydrogen-bond donors (Lipinski definition) is 1. The Hall–Kier alpha value is -3.08. The number of carbonyl (C=O) groups excluding carboxylic acids is 1. The van der Waals surface area contributed by atoms with Gasteiger partial charge in [0.25, 0.3) is 5.91 Å². The van der Waals surface area contributed by atoms with Gasteiger partial charge in [-0.05, 0) is 34.9 Å². The summed E-state index contributed by atoms with van der Waals surface area (Å²) in [6.45, 7) is 2.37. The highest BCUT2D eigenvalue weighted by Crippen LogP contribution is 2.35. The molecule has 1 aliphatic rings. The van der Waals surface area contributed by atoms with Gasteiger partial charge in [-0.2, -0.15) is 0 Å². The zero-order chi connectivity index (χ0) is 17.4. The number of anilines is 2. The molecule has 0 fully saturated rings. The van der Waals surface area contributed by atoms with Crippen LogP contribution in [0.3, 0.4) is 0 Å². The molecule has 0 saturated heterocycles. The molecule has 2 aromatic carbocycles. The number of ether oxygens (including phenoxy) is 1. The first-order valence-electron chi connectivity index (χ1n) is 8.38. The zero-order valence-electron chi connectivity index (χ0n) is 14.0. The number of aromatic nitrogens is 1. The first-order chi connectivity index (χ1) is 12.2. The van der Waals surface area contributed by atoms with Crippen LogP contribution in [-0.2, 0) is 11.3 Å². The van der Waals surface area contributed by atoms with Gasteiger partial charge in [-0.1, -0.05) is 49.4 Å². The molecule has 25 heavy (non-hydrogen) atoms. The van der Waals surface area contributed by atoms with E-state index in [1.165, 1.54) is 0 Å². The molecule has 5 heteroatoms. The van der Waals surface area contributed by atoms with E-state index in [0.29, 0.717) is 30.4 Å². The van der Waals surface area contributed by atoms with Gasteiger partial charge in [-0.15, -0.1) is 0 Å². The predicted octanol–water partition coefficient (Wildman–Crippen LogP) is 3.52. The van der Waals surface area contributed by atoms with Gasteiger partial charge in [0.05, 0.1) is 6.54 Å². The molecule has 0 aliphatic carbocycles. The van der Waals surface area contributed by atoms with E-state index < -0.39 is 6.10 Å². The van der Waals surface area contributed by atoms with Gasteiger partial charge in [0.15, 0.2) is 17.7 Å². The topological polar surface area (TPSA) is 68.5 Å². The number of fused-ring (bicyclic) bond motifs is 2. The number of benzene rings is 2. The molecule has 1 aliphatic heterocycles. The van der Waals surface area contributed by atoms with Crippen molar-refractivity contribution < 1.29 is 9.53 Å². The third kappa shape index (κ3) is 2.67.